The van der Waals surface area contributed by atoms with Crippen molar-refractivity contribution >= 4 is 44.0 Å². The highest BCUT2D eigenvalue weighted by Crippen LogP contribution is 2.28. The van der Waals surface area contributed by atoms with Crippen LogP contribution in [-0.2, 0) is 9.84 Å². The van der Waals surface area contributed by atoms with Gasteiger partial charge in [-0.05, 0) is 36.6 Å². The van der Waals surface area contributed by atoms with Gasteiger partial charge in [-0.15, -0.1) is 0 Å². The van der Waals surface area contributed by atoms with Crippen LogP contribution in [0, 0.1) is 0 Å². The molecule has 0 aliphatic rings. The smallest absolute Gasteiger partial charge is 0.264 e. The number of nitrogen functional groups attached to an aromatic ring is 1. The van der Waals surface area contributed by atoms with Gasteiger partial charge in [0.2, 0.25) is 5.95 Å². The van der Waals surface area contributed by atoms with E-state index in [0.29, 0.717) is 27.2 Å². The monoisotopic (exact) mass is 469 g/mol. The Kier molecular flexibility index (Phi) is 5.62. The van der Waals surface area contributed by atoms with Crippen molar-refractivity contribution in [2.45, 2.75) is 17.9 Å². The molecule has 0 saturated heterocycles. The molecule has 2 aromatic carbocycles. The molecule has 2 aromatic heterocycles. The Morgan fingerprint density at radius 2 is 1.84 bits per heavy atom. The van der Waals surface area contributed by atoms with E-state index in [1.54, 1.807) is 29.7 Å². The standard InChI is InChI=1S/C22H20ClN5O3S/c1-13(26-20-18(32(2,30)31)12-25-22(24)27-20)17-11-14-7-6-10-16(23)19(14)21(29)28(17)15-8-4-3-5-9-15/h3-13H,1-2H3,(H3,24,25,26,27)/t13-/m0/s1. The van der Waals surface area contributed by atoms with Crippen LogP contribution in [0.5, 0.6) is 0 Å². The van der Waals surface area contributed by atoms with Gasteiger partial charge in [-0.3, -0.25) is 9.36 Å². The van der Waals surface area contributed by atoms with Crippen molar-refractivity contribution in [1.29, 1.82) is 0 Å². The number of sulfone groups is 1. The Morgan fingerprint density at radius 3 is 2.53 bits per heavy atom. The fourth-order valence-electron chi connectivity index (χ4n) is 3.54. The number of hydrogen-bond acceptors (Lipinski definition) is 7. The van der Waals surface area contributed by atoms with E-state index in [0.717, 1.165) is 12.5 Å². The number of nitrogens with one attached hydrogen (secondary N) is 1. The Hall–Kier alpha value is -3.43. The lowest BCUT2D eigenvalue weighted by atomic mass is 10.1. The summed E-state index contributed by atoms with van der Waals surface area (Å²) in [5.74, 6) is -0.0106. The second kappa shape index (κ2) is 8.25. The molecule has 1 atom stereocenters. The summed E-state index contributed by atoms with van der Waals surface area (Å²) in [4.78, 5) is 21.3. The Balaban J connectivity index is 1.94. The first-order valence-corrected chi connectivity index (χ1v) is 11.9. The third-order valence-electron chi connectivity index (χ3n) is 5.01. The lowest BCUT2D eigenvalue weighted by molar-refractivity contribution is 0.601. The van der Waals surface area contributed by atoms with E-state index in [1.807, 2.05) is 36.4 Å². The Bertz CT molecular complexity index is 1490. The van der Waals surface area contributed by atoms with Crippen LogP contribution in [0.25, 0.3) is 16.5 Å². The molecule has 8 nitrogen and oxygen atoms in total. The quantitative estimate of drug-likeness (QED) is 0.458. The zero-order valence-electron chi connectivity index (χ0n) is 17.3. The average molecular weight is 470 g/mol. The van der Waals surface area contributed by atoms with Gasteiger partial charge < -0.3 is 11.1 Å². The average Bonchev–Trinajstić information content (AvgIpc) is 2.73. The minimum atomic E-state index is -3.62. The van der Waals surface area contributed by atoms with E-state index in [4.69, 9.17) is 17.3 Å². The zero-order chi connectivity index (χ0) is 23.0. The van der Waals surface area contributed by atoms with E-state index in [1.165, 1.54) is 0 Å². The van der Waals surface area contributed by atoms with Crippen molar-refractivity contribution in [3.05, 3.63) is 81.9 Å². The molecule has 0 bridgehead atoms. The maximum absolute atomic E-state index is 13.5. The molecule has 164 valence electrons. The number of pyridine rings is 1. The van der Waals surface area contributed by atoms with E-state index in [-0.39, 0.29) is 22.2 Å². The molecule has 3 N–H and O–H groups in total. The van der Waals surface area contributed by atoms with Crippen LogP contribution in [0.1, 0.15) is 18.7 Å². The number of nitrogens with two attached hydrogens (primary N) is 1. The molecule has 0 amide bonds. The molecule has 0 aliphatic carbocycles. The van der Waals surface area contributed by atoms with E-state index < -0.39 is 15.9 Å². The molecule has 0 spiro atoms. The van der Waals surface area contributed by atoms with Gasteiger partial charge in [0.05, 0.1) is 22.6 Å². The Labute approximate surface area is 189 Å². The van der Waals surface area contributed by atoms with E-state index >= 15 is 0 Å². The molecule has 32 heavy (non-hydrogen) atoms. The van der Waals surface area contributed by atoms with Gasteiger partial charge in [0.25, 0.3) is 5.56 Å². The van der Waals surface area contributed by atoms with Crippen molar-refractivity contribution < 1.29 is 8.42 Å². The zero-order valence-corrected chi connectivity index (χ0v) is 18.9. The first kappa shape index (κ1) is 21.8. The van der Waals surface area contributed by atoms with Gasteiger partial charge in [0.15, 0.2) is 15.7 Å². The number of nitrogens with zero attached hydrogens (tertiary/aromatic N) is 3. The topological polar surface area (TPSA) is 120 Å². The van der Waals surface area contributed by atoms with Crippen molar-refractivity contribution in [2.24, 2.45) is 0 Å². The highest BCUT2D eigenvalue weighted by atomic mass is 35.5. The molecule has 10 heteroatoms. The maximum atomic E-state index is 13.5. The van der Waals surface area contributed by atoms with Crippen LogP contribution in [0.15, 0.2) is 70.5 Å². The minimum absolute atomic E-state index is 0.0609. The summed E-state index contributed by atoms with van der Waals surface area (Å²) in [6.07, 6.45) is 2.23. The first-order chi connectivity index (χ1) is 15.2. The van der Waals surface area contributed by atoms with Crippen LogP contribution in [0.4, 0.5) is 11.8 Å². The van der Waals surface area contributed by atoms with Crippen molar-refractivity contribution in [3.8, 4) is 5.69 Å². The third kappa shape index (κ3) is 4.04. The van der Waals surface area contributed by atoms with Gasteiger partial charge in [0, 0.05) is 17.6 Å². The second-order valence-corrected chi connectivity index (χ2v) is 9.72. The number of aromatic nitrogens is 3. The van der Waals surface area contributed by atoms with Crippen molar-refractivity contribution in [2.75, 3.05) is 17.3 Å². The SMILES string of the molecule is C[C@H](Nc1nc(N)ncc1S(C)(=O)=O)c1cc2cccc(Cl)c2c(=O)n1-c1ccccc1. The fraction of sp³-hybridized carbons (Fsp3) is 0.136. The summed E-state index contributed by atoms with van der Waals surface area (Å²) < 4.78 is 26.0. The number of hydrogen-bond donors (Lipinski definition) is 2. The lowest BCUT2D eigenvalue weighted by Gasteiger charge is -2.22. The van der Waals surface area contributed by atoms with Gasteiger partial charge in [-0.1, -0.05) is 41.9 Å². The molecule has 0 aliphatic heterocycles. The number of para-hydroxylation sites is 1. The molecule has 4 rings (SSSR count). The minimum Gasteiger partial charge on any atom is -0.368 e. The van der Waals surface area contributed by atoms with Crippen LogP contribution in [0.2, 0.25) is 5.02 Å². The predicted molar refractivity (Wildman–Crippen MR) is 126 cm³/mol. The molecule has 0 radical (unpaired) electrons. The summed E-state index contributed by atoms with van der Waals surface area (Å²) in [7, 11) is -3.62. The number of fused-ring (bicyclic) bond motifs is 1. The predicted octanol–water partition coefficient (Wildman–Crippen LogP) is 3.59. The molecule has 2 heterocycles. The molecule has 0 fully saturated rings. The van der Waals surface area contributed by atoms with Gasteiger partial charge in [-0.25, -0.2) is 13.4 Å². The second-order valence-electron chi connectivity index (χ2n) is 7.33. The summed E-state index contributed by atoms with van der Waals surface area (Å²) >= 11 is 6.35. The summed E-state index contributed by atoms with van der Waals surface area (Å²) in [6.45, 7) is 1.80. The van der Waals surface area contributed by atoms with Gasteiger partial charge in [-0.2, -0.15) is 4.98 Å². The number of rotatable bonds is 5. The number of halogens is 1. The van der Waals surface area contributed by atoms with Gasteiger partial charge in [0.1, 0.15) is 4.90 Å². The Morgan fingerprint density at radius 1 is 1.12 bits per heavy atom. The maximum Gasteiger partial charge on any atom is 0.264 e. The van der Waals surface area contributed by atoms with E-state index in [2.05, 4.69) is 15.3 Å². The van der Waals surface area contributed by atoms with Gasteiger partial charge >= 0.3 is 0 Å². The van der Waals surface area contributed by atoms with Crippen LogP contribution < -0.4 is 16.6 Å². The molecule has 0 unspecified atom stereocenters. The molecular weight excluding hydrogens is 450 g/mol. The van der Waals surface area contributed by atoms with E-state index in [9.17, 15) is 13.2 Å². The van der Waals surface area contributed by atoms with Crippen LogP contribution in [0.3, 0.4) is 0 Å². The largest absolute Gasteiger partial charge is 0.368 e. The fourth-order valence-corrected chi connectivity index (χ4v) is 4.50. The summed E-state index contributed by atoms with van der Waals surface area (Å²) in [6, 6.07) is 15.7. The summed E-state index contributed by atoms with van der Waals surface area (Å²) in [5.41, 5.74) is 6.65. The van der Waals surface area contributed by atoms with Crippen LogP contribution in [-0.4, -0.2) is 29.2 Å². The number of anilines is 2. The third-order valence-corrected chi connectivity index (χ3v) is 6.42. The highest BCUT2D eigenvalue weighted by Gasteiger charge is 2.22. The molecular formula is C22H20ClN5O3S. The summed E-state index contributed by atoms with van der Waals surface area (Å²) in [5, 5.41) is 4.51. The molecule has 0 saturated carbocycles. The highest BCUT2D eigenvalue weighted by molar-refractivity contribution is 7.90. The normalized spacial score (nSPS) is 12.6. The van der Waals surface area contributed by atoms with Crippen molar-refractivity contribution in [3.63, 3.8) is 0 Å². The first-order valence-electron chi connectivity index (χ1n) is 9.65. The lowest BCUT2D eigenvalue weighted by Crippen LogP contribution is -2.26. The number of benzene rings is 2. The molecule has 4 aromatic rings. The van der Waals surface area contributed by atoms with Crippen LogP contribution >= 0.6 is 11.6 Å². The van der Waals surface area contributed by atoms with Crippen molar-refractivity contribution in [1.82, 2.24) is 14.5 Å².